The Morgan fingerprint density at radius 2 is 1.89 bits per heavy atom. The number of carbonyl (C=O) groups is 3. The van der Waals surface area contributed by atoms with E-state index in [9.17, 15) is 22.8 Å². The van der Waals surface area contributed by atoms with Gasteiger partial charge < -0.3 is 15.0 Å². The number of hydrogen-bond donors (Lipinski definition) is 1. The molecule has 1 N–H and O–H groups in total. The Morgan fingerprint density at radius 1 is 1.21 bits per heavy atom. The van der Waals surface area contributed by atoms with Crippen molar-refractivity contribution in [1.82, 2.24) is 4.90 Å². The SMILES string of the molecule is CS(=O)(=O)c1ccccc1NC(=O)COC(=O)[C@H]1CC(=O)N(C2CCCC2)C1. The van der Waals surface area contributed by atoms with Crippen molar-refractivity contribution in [2.45, 2.75) is 43.0 Å². The first-order valence-electron chi connectivity index (χ1n) is 9.31. The summed E-state index contributed by atoms with van der Waals surface area (Å²) in [6, 6.07) is 6.21. The lowest BCUT2D eigenvalue weighted by atomic mass is 10.1. The predicted molar refractivity (Wildman–Crippen MR) is 101 cm³/mol. The molecule has 2 amide bonds. The second-order valence-corrected chi connectivity index (χ2v) is 9.29. The minimum absolute atomic E-state index is 0.0109. The maximum Gasteiger partial charge on any atom is 0.311 e. The Kier molecular flexibility index (Phi) is 6.02. The fourth-order valence-corrected chi connectivity index (χ4v) is 4.64. The average Bonchev–Trinajstić information content (AvgIpc) is 3.28. The molecular formula is C19H24N2O6S. The van der Waals surface area contributed by atoms with Crippen LogP contribution in [0.4, 0.5) is 5.69 Å². The van der Waals surface area contributed by atoms with Crippen LogP contribution in [0.1, 0.15) is 32.1 Å². The van der Waals surface area contributed by atoms with Crippen LogP contribution in [-0.2, 0) is 29.0 Å². The van der Waals surface area contributed by atoms with Crippen molar-refractivity contribution < 1.29 is 27.5 Å². The van der Waals surface area contributed by atoms with E-state index in [0.29, 0.717) is 6.54 Å². The molecule has 0 spiro atoms. The third-order valence-corrected chi connectivity index (χ3v) is 6.32. The Bertz CT molecular complexity index is 876. The number of nitrogens with zero attached hydrogens (tertiary/aromatic N) is 1. The summed E-state index contributed by atoms with van der Waals surface area (Å²) in [6.45, 7) is -0.202. The summed E-state index contributed by atoms with van der Waals surface area (Å²) >= 11 is 0. The number of anilines is 1. The number of para-hydroxylation sites is 1. The van der Waals surface area contributed by atoms with Crippen LogP contribution in [0.25, 0.3) is 0 Å². The van der Waals surface area contributed by atoms with Crippen molar-refractivity contribution >= 4 is 33.3 Å². The number of nitrogens with one attached hydrogen (secondary N) is 1. The monoisotopic (exact) mass is 408 g/mol. The Morgan fingerprint density at radius 3 is 2.57 bits per heavy atom. The van der Waals surface area contributed by atoms with Crippen LogP contribution in [0.15, 0.2) is 29.2 Å². The summed E-state index contributed by atoms with van der Waals surface area (Å²) in [5.74, 6) is -1.83. The summed E-state index contributed by atoms with van der Waals surface area (Å²) in [7, 11) is -3.51. The highest BCUT2D eigenvalue weighted by atomic mass is 32.2. The van der Waals surface area contributed by atoms with E-state index in [-0.39, 0.29) is 29.0 Å². The lowest BCUT2D eigenvalue weighted by molar-refractivity contribution is -0.151. The van der Waals surface area contributed by atoms with E-state index in [1.54, 1.807) is 17.0 Å². The van der Waals surface area contributed by atoms with Crippen molar-refractivity contribution in [1.29, 1.82) is 0 Å². The van der Waals surface area contributed by atoms with Gasteiger partial charge in [0.1, 0.15) is 0 Å². The van der Waals surface area contributed by atoms with E-state index in [1.165, 1.54) is 12.1 Å². The molecule has 1 aromatic rings. The third kappa shape index (κ3) is 4.70. The largest absolute Gasteiger partial charge is 0.455 e. The summed E-state index contributed by atoms with van der Waals surface area (Å²) in [4.78, 5) is 38.3. The fourth-order valence-electron chi connectivity index (χ4n) is 3.79. The Balaban J connectivity index is 1.53. The highest BCUT2D eigenvalue weighted by Crippen LogP contribution is 2.30. The summed E-state index contributed by atoms with van der Waals surface area (Å²) in [6.07, 6.45) is 5.28. The van der Waals surface area contributed by atoms with Gasteiger partial charge in [-0.05, 0) is 25.0 Å². The van der Waals surface area contributed by atoms with Crippen LogP contribution in [0.5, 0.6) is 0 Å². The molecule has 2 aliphatic rings. The van der Waals surface area contributed by atoms with E-state index in [4.69, 9.17) is 4.74 Å². The number of carbonyl (C=O) groups excluding carboxylic acids is 3. The van der Waals surface area contributed by atoms with E-state index < -0.39 is 34.2 Å². The summed E-state index contributed by atoms with van der Waals surface area (Å²) in [5.41, 5.74) is 0.134. The topological polar surface area (TPSA) is 110 Å². The van der Waals surface area contributed by atoms with Gasteiger partial charge in [0, 0.05) is 25.3 Å². The first-order valence-corrected chi connectivity index (χ1v) is 11.2. The standard InChI is InChI=1S/C19H24N2O6S/c1-28(25,26)16-9-5-4-8-15(16)20-17(22)12-27-19(24)13-10-18(23)21(11-13)14-6-2-3-7-14/h4-5,8-9,13-14H,2-3,6-7,10-12H2,1H3,(H,20,22)/t13-/m0/s1. The summed E-state index contributed by atoms with van der Waals surface area (Å²) in [5, 5.41) is 2.45. The number of esters is 1. The molecule has 9 heteroatoms. The van der Waals surface area contributed by atoms with Crippen molar-refractivity contribution in [3.8, 4) is 0 Å². The zero-order valence-corrected chi connectivity index (χ0v) is 16.5. The van der Waals surface area contributed by atoms with E-state index in [1.807, 2.05) is 0 Å². The van der Waals surface area contributed by atoms with Crippen molar-refractivity contribution in [2.75, 3.05) is 24.7 Å². The van der Waals surface area contributed by atoms with Crippen LogP contribution < -0.4 is 5.32 Å². The van der Waals surface area contributed by atoms with Crippen molar-refractivity contribution in [2.24, 2.45) is 5.92 Å². The lowest BCUT2D eigenvalue weighted by Gasteiger charge is -2.23. The molecule has 1 heterocycles. The van der Waals surface area contributed by atoms with Crippen molar-refractivity contribution in [3.63, 3.8) is 0 Å². The molecule has 28 heavy (non-hydrogen) atoms. The molecule has 1 aliphatic carbocycles. The highest BCUT2D eigenvalue weighted by molar-refractivity contribution is 7.90. The zero-order valence-electron chi connectivity index (χ0n) is 15.7. The quantitative estimate of drug-likeness (QED) is 0.712. The minimum Gasteiger partial charge on any atom is -0.455 e. The Labute approximate surface area is 164 Å². The fraction of sp³-hybridized carbons (Fsp3) is 0.526. The minimum atomic E-state index is -3.51. The van der Waals surface area contributed by atoms with Crippen LogP contribution in [0, 0.1) is 5.92 Å². The van der Waals surface area contributed by atoms with Gasteiger partial charge in [0.25, 0.3) is 5.91 Å². The van der Waals surface area contributed by atoms with Gasteiger partial charge in [0.2, 0.25) is 5.91 Å². The zero-order chi connectivity index (χ0) is 20.3. The first kappa shape index (κ1) is 20.3. The smallest absolute Gasteiger partial charge is 0.311 e. The molecule has 1 atom stereocenters. The molecule has 0 aromatic heterocycles. The number of hydrogen-bond acceptors (Lipinski definition) is 6. The molecule has 152 valence electrons. The molecule has 0 bridgehead atoms. The van der Waals surface area contributed by atoms with Gasteiger partial charge in [-0.25, -0.2) is 8.42 Å². The number of benzene rings is 1. The second kappa shape index (κ2) is 8.30. The van der Waals surface area contributed by atoms with Gasteiger partial charge in [-0.15, -0.1) is 0 Å². The molecule has 1 saturated carbocycles. The third-order valence-electron chi connectivity index (χ3n) is 5.16. The Hall–Kier alpha value is -2.42. The predicted octanol–water partition coefficient (Wildman–Crippen LogP) is 1.36. The van der Waals surface area contributed by atoms with E-state index in [2.05, 4.69) is 5.32 Å². The lowest BCUT2D eigenvalue weighted by Crippen LogP contribution is -2.35. The van der Waals surface area contributed by atoms with E-state index in [0.717, 1.165) is 31.9 Å². The maximum atomic E-state index is 12.3. The van der Waals surface area contributed by atoms with E-state index >= 15 is 0 Å². The summed E-state index contributed by atoms with van der Waals surface area (Å²) < 4.78 is 28.6. The molecule has 0 unspecified atom stereocenters. The van der Waals surface area contributed by atoms with Gasteiger partial charge in [-0.1, -0.05) is 25.0 Å². The molecule has 2 fully saturated rings. The molecule has 1 aliphatic heterocycles. The number of amides is 2. The highest BCUT2D eigenvalue weighted by Gasteiger charge is 2.39. The van der Waals surface area contributed by atoms with Gasteiger partial charge in [0.05, 0.1) is 16.5 Å². The maximum absolute atomic E-state index is 12.3. The number of likely N-dealkylation sites (tertiary alicyclic amines) is 1. The van der Waals surface area contributed by atoms with Crippen molar-refractivity contribution in [3.05, 3.63) is 24.3 Å². The average molecular weight is 408 g/mol. The molecule has 8 nitrogen and oxygen atoms in total. The molecular weight excluding hydrogens is 384 g/mol. The molecule has 1 aromatic carbocycles. The van der Waals surface area contributed by atoms with Crippen LogP contribution in [0.2, 0.25) is 0 Å². The van der Waals surface area contributed by atoms with Gasteiger partial charge >= 0.3 is 5.97 Å². The van der Waals surface area contributed by atoms with Gasteiger partial charge in [-0.3, -0.25) is 14.4 Å². The van der Waals surface area contributed by atoms with Crippen LogP contribution in [-0.4, -0.2) is 56.6 Å². The molecule has 3 rings (SSSR count). The normalized spacial score (nSPS) is 20.4. The van der Waals surface area contributed by atoms with Crippen LogP contribution in [0.3, 0.4) is 0 Å². The van der Waals surface area contributed by atoms with Gasteiger partial charge in [0.15, 0.2) is 16.4 Å². The van der Waals surface area contributed by atoms with Crippen LogP contribution >= 0.6 is 0 Å². The first-order chi connectivity index (χ1) is 13.3. The number of rotatable bonds is 6. The number of sulfone groups is 1. The molecule has 1 saturated heterocycles. The molecule has 0 radical (unpaired) electrons. The number of ether oxygens (including phenoxy) is 1. The second-order valence-electron chi connectivity index (χ2n) is 7.31. The van der Waals surface area contributed by atoms with Gasteiger partial charge in [-0.2, -0.15) is 0 Å².